The number of hydrogen-bond acceptors (Lipinski definition) is 18. The Morgan fingerprint density at radius 3 is 2.28 bits per heavy atom. The Labute approximate surface area is 481 Å². The normalized spacial score (nSPS) is 18.5. The van der Waals surface area contributed by atoms with Gasteiger partial charge < -0.3 is 49.6 Å². The number of aromatic nitrogens is 1. The van der Waals surface area contributed by atoms with Crippen LogP contribution in [0.25, 0.3) is 0 Å². The van der Waals surface area contributed by atoms with E-state index in [4.69, 9.17) is 23.7 Å². The summed E-state index contributed by atoms with van der Waals surface area (Å²) in [5, 5.41) is 21.3. The number of carbonyl (C=O) groups excluding carboxylic acids is 7. The smallest absolute Gasteiger partial charge is 0.303 e. The Balaban J connectivity index is 1.23. The van der Waals surface area contributed by atoms with Gasteiger partial charge in [-0.2, -0.15) is 0 Å². The first kappa shape index (κ1) is 67.3. The first-order chi connectivity index (χ1) is 37.9. The number of ether oxygens (including phenoxy) is 5. The number of nitrogens with one attached hydrogen (secondary N) is 3. The van der Waals surface area contributed by atoms with E-state index in [9.17, 15) is 38.7 Å². The van der Waals surface area contributed by atoms with Gasteiger partial charge in [-0.1, -0.05) is 59.9 Å². The van der Waals surface area contributed by atoms with Crippen molar-refractivity contribution >= 4 is 81.7 Å². The number of rotatable bonds is 38. The fraction of sp³-hybridized carbons (Fsp3) is 0.719. The Kier molecular flexibility index (Phi) is 31.0. The molecule has 1 aromatic heterocycles. The number of nitrogens with zero attached hydrogens (tertiary/aromatic N) is 3. The number of carbonyl (C=O) groups is 7. The van der Waals surface area contributed by atoms with Crippen molar-refractivity contribution in [3.05, 3.63) is 39.8 Å². The SMILES string of the molecule is CCC[C@H](Cc1ccc(O)c(NC(=O)CCOCCOCCCC(=O)C2SCSC2C(=O)NCCOCCOCC)c1)NC(=O)c1csc([C@@H](C[C@H](C(C)C)N(C)C(=O)[C@@H](CC(=O)[C@H]2CCCCN2C)[C@@H](C)CC)OC(C)=O)n1. The summed E-state index contributed by atoms with van der Waals surface area (Å²) >= 11 is 4.18. The van der Waals surface area contributed by atoms with Crippen LogP contribution in [0.5, 0.6) is 5.75 Å². The van der Waals surface area contributed by atoms with Gasteiger partial charge in [0, 0.05) is 81.5 Å². The van der Waals surface area contributed by atoms with Crippen molar-refractivity contribution in [2.75, 3.05) is 90.4 Å². The number of benzene rings is 1. The molecule has 2 aliphatic heterocycles. The quantitative estimate of drug-likeness (QED) is 0.0287. The third-order valence-corrected chi connectivity index (χ3v) is 18.4. The Bertz CT molecular complexity index is 2240. The second-order valence-electron chi connectivity index (χ2n) is 20.8. The van der Waals surface area contributed by atoms with E-state index in [0.717, 1.165) is 44.2 Å². The lowest BCUT2D eigenvalue weighted by Gasteiger charge is -2.37. The Hall–Kier alpha value is -4.16. The number of thioether (sulfide) groups is 2. The second-order valence-corrected chi connectivity index (χ2v) is 24.3. The van der Waals surface area contributed by atoms with Gasteiger partial charge in [0.2, 0.25) is 17.7 Å². The van der Waals surface area contributed by atoms with E-state index in [-0.39, 0.29) is 115 Å². The molecule has 8 atom stereocenters. The molecule has 2 fully saturated rings. The van der Waals surface area contributed by atoms with Gasteiger partial charge in [-0.3, -0.25) is 38.5 Å². The number of amides is 4. The molecule has 2 aliphatic rings. The number of aromatic hydroxyl groups is 1. The molecule has 79 heavy (non-hydrogen) atoms. The number of phenols is 1. The van der Waals surface area contributed by atoms with Crippen LogP contribution in [0.3, 0.4) is 0 Å². The van der Waals surface area contributed by atoms with Crippen LogP contribution in [0.15, 0.2) is 23.6 Å². The van der Waals surface area contributed by atoms with E-state index in [1.807, 2.05) is 48.6 Å². The van der Waals surface area contributed by atoms with E-state index in [1.54, 1.807) is 29.5 Å². The number of esters is 1. The average Bonchev–Trinajstić information content (AvgIpc) is 4.13. The maximum Gasteiger partial charge on any atom is 0.303 e. The molecule has 3 heterocycles. The molecule has 0 aliphatic carbocycles. The molecule has 4 N–H and O–H groups in total. The minimum Gasteiger partial charge on any atom is -0.506 e. The zero-order valence-electron chi connectivity index (χ0n) is 48.2. The first-order valence-corrected chi connectivity index (χ1v) is 31.3. The van der Waals surface area contributed by atoms with Crippen molar-refractivity contribution in [3.63, 3.8) is 0 Å². The monoisotopic (exact) mass is 1160 g/mol. The molecule has 1 aromatic carbocycles. The fourth-order valence-electron chi connectivity index (χ4n) is 9.78. The molecule has 2 saturated heterocycles. The molecular formula is C57H90N6O13S3. The van der Waals surface area contributed by atoms with Crippen LogP contribution in [-0.4, -0.2) is 175 Å². The first-order valence-electron chi connectivity index (χ1n) is 28.3. The van der Waals surface area contributed by atoms with E-state index in [0.29, 0.717) is 75.4 Å². The molecule has 2 aromatic rings. The summed E-state index contributed by atoms with van der Waals surface area (Å²) in [6.07, 6.45) is 5.79. The van der Waals surface area contributed by atoms with Crippen LogP contribution in [0.2, 0.25) is 0 Å². The number of hydrogen-bond donors (Lipinski definition) is 4. The third-order valence-electron chi connectivity index (χ3n) is 14.4. The predicted molar refractivity (Wildman–Crippen MR) is 311 cm³/mol. The standard InChI is InChI=1S/C57H90N6O13S3/c1-10-16-41(59-54(69)44-35-77-56(61-44)50(76-39(7)64)34-46(37(4)5)63(9)57(71)42(38(6)11-2)33-49(67)45-17-13-14-23-62(45)8)31-40-19-20-47(65)43(32-40)60-51(68)21-25-74-30-29-73-24-15-18-48(66)52-53(79-36-78-52)55(70)58-22-26-75-28-27-72-12-3/h19-20,32,35,37-38,41-42,45-46,50,52-53,65H,10-18,21-31,33-34,36H2,1-9H3,(H,58,70)(H,59,69)(H,60,68)/t38-,41+,42-,45+,46+,50+,52?,53?/m0/s1. The number of likely N-dealkylation sites (tertiary alicyclic amines) is 1. The molecule has 4 amide bonds. The summed E-state index contributed by atoms with van der Waals surface area (Å²) in [7, 11) is 3.74. The molecule has 0 saturated carbocycles. The van der Waals surface area contributed by atoms with Gasteiger partial charge in [-0.05, 0) is 82.2 Å². The van der Waals surface area contributed by atoms with Crippen molar-refractivity contribution in [1.29, 1.82) is 0 Å². The highest BCUT2D eigenvalue weighted by atomic mass is 32.2. The summed E-state index contributed by atoms with van der Waals surface area (Å²) in [5.41, 5.74) is 1.16. The van der Waals surface area contributed by atoms with Crippen molar-refractivity contribution in [1.82, 2.24) is 25.4 Å². The minimum atomic E-state index is -0.837. The van der Waals surface area contributed by atoms with Gasteiger partial charge >= 0.3 is 5.97 Å². The Morgan fingerprint density at radius 1 is 0.886 bits per heavy atom. The van der Waals surface area contributed by atoms with Gasteiger partial charge in [0.25, 0.3) is 5.91 Å². The van der Waals surface area contributed by atoms with Crippen molar-refractivity contribution in [2.45, 2.75) is 160 Å². The largest absolute Gasteiger partial charge is 0.506 e. The average molecular weight is 1160 g/mol. The summed E-state index contributed by atoms with van der Waals surface area (Å²) < 4.78 is 27.8. The Morgan fingerprint density at radius 2 is 1.59 bits per heavy atom. The number of likely N-dealkylation sites (N-methyl/N-ethyl adjacent to an activating group) is 1. The molecule has 444 valence electrons. The predicted octanol–water partition coefficient (Wildman–Crippen LogP) is 7.63. The zero-order chi connectivity index (χ0) is 57.9. The second kappa shape index (κ2) is 36.3. The maximum atomic E-state index is 14.4. The van der Waals surface area contributed by atoms with Crippen LogP contribution >= 0.6 is 34.9 Å². The number of ketones is 2. The van der Waals surface area contributed by atoms with Crippen LogP contribution in [0.1, 0.15) is 146 Å². The van der Waals surface area contributed by atoms with Gasteiger partial charge in [0.1, 0.15) is 27.5 Å². The highest BCUT2D eigenvalue weighted by Crippen LogP contribution is 2.38. The van der Waals surface area contributed by atoms with Crippen LogP contribution in [0, 0.1) is 17.8 Å². The van der Waals surface area contributed by atoms with Crippen molar-refractivity contribution in [3.8, 4) is 5.75 Å². The summed E-state index contributed by atoms with van der Waals surface area (Å²) in [4.78, 5) is 102. The number of thiazole rings is 1. The topological polar surface area (TPSA) is 241 Å². The number of phenolic OH excluding ortho intramolecular Hbond substituents is 1. The molecule has 0 bridgehead atoms. The summed E-state index contributed by atoms with van der Waals surface area (Å²) in [6.45, 7) is 17.5. The molecule has 19 nitrogen and oxygen atoms in total. The fourth-order valence-corrected chi connectivity index (χ4v) is 13.7. The molecule has 4 rings (SSSR count). The molecule has 2 unspecified atom stereocenters. The molecule has 0 spiro atoms. The van der Waals surface area contributed by atoms with Gasteiger partial charge in [0.05, 0.1) is 63.0 Å². The van der Waals surface area contributed by atoms with Gasteiger partial charge in [0.15, 0.2) is 11.9 Å². The van der Waals surface area contributed by atoms with Crippen molar-refractivity contribution in [2.24, 2.45) is 17.8 Å². The maximum absolute atomic E-state index is 14.4. The van der Waals surface area contributed by atoms with Gasteiger partial charge in [-0.25, -0.2) is 4.98 Å². The summed E-state index contributed by atoms with van der Waals surface area (Å²) in [6, 6.07) is 4.03. The van der Waals surface area contributed by atoms with Crippen LogP contribution in [0.4, 0.5) is 5.69 Å². The minimum absolute atomic E-state index is 0.0226. The number of Topliss-reactive ketones (excluding diaryl/α,β-unsaturated/α-hetero) is 2. The lowest BCUT2D eigenvalue weighted by atomic mass is 9.83. The lowest BCUT2D eigenvalue weighted by molar-refractivity contribution is -0.149. The lowest BCUT2D eigenvalue weighted by Crippen LogP contribution is -2.48. The highest BCUT2D eigenvalue weighted by molar-refractivity contribution is 8.20. The van der Waals surface area contributed by atoms with E-state index < -0.39 is 34.4 Å². The van der Waals surface area contributed by atoms with E-state index in [2.05, 4.69) is 25.8 Å². The van der Waals surface area contributed by atoms with Gasteiger partial charge in [-0.15, -0.1) is 34.9 Å². The molecule has 22 heteroatoms. The third kappa shape index (κ3) is 23.0. The number of anilines is 1. The molecule has 0 radical (unpaired) electrons. The van der Waals surface area contributed by atoms with Crippen molar-refractivity contribution < 1.29 is 62.4 Å². The number of piperidine rings is 1. The summed E-state index contributed by atoms with van der Waals surface area (Å²) in [5.74, 6) is -2.10. The highest BCUT2D eigenvalue weighted by Gasteiger charge is 2.40. The van der Waals surface area contributed by atoms with Crippen LogP contribution < -0.4 is 16.0 Å². The zero-order valence-corrected chi connectivity index (χ0v) is 50.6. The van der Waals surface area contributed by atoms with Crippen LogP contribution in [-0.2, 0) is 58.9 Å². The van der Waals surface area contributed by atoms with E-state index in [1.165, 1.54) is 47.9 Å². The van der Waals surface area contributed by atoms with E-state index >= 15 is 0 Å². The molecular weight excluding hydrogens is 1070 g/mol.